The van der Waals surface area contributed by atoms with E-state index in [2.05, 4.69) is 19.8 Å². The van der Waals surface area contributed by atoms with Gasteiger partial charge in [0.25, 0.3) is 5.56 Å². The van der Waals surface area contributed by atoms with Gasteiger partial charge in [0.15, 0.2) is 0 Å². The third-order valence-corrected chi connectivity index (χ3v) is 5.13. The molecule has 2 atom stereocenters. The van der Waals surface area contributed by atoms with Crippen LogP contribution in [0.5, 0.6) is 0 Å². The molecular formula is C18H23N5O. The van der Waals surface area contributed by atoms with Gasteiger partial charge in [0.2, 0.25) is 5.95 Å². The zero-order chi connectivity index (χ0) is 16.8. The van der Waals surface area contributed by atoms with E-state index < -0.39 is 0 Å². The van der Waals surface area contributed by atoms with Crippen LogP contribution in [-0.4, -0.2) is 44.6 Å². The monoisotopic (exact) mass is 325 g/mol. The maximum absolute atomic E-state index is 11.8. The highest BCUT2D eigenvalue weighted by Crippen LogP contribution is 2.34. The topological polar surface area (TPSA) is 54.3 Å². The van der Waals surface area contributed by atoms with Crippen LogP contribution in [0, 0.1) is 13.8 Å². The van der Waals surface area contributed by atoms with Crippen LogP contribution in [0.25, 0.3) is 0 Å². The van der Waals surface area contributed by atoms with Gasteiger partial charge in [-0.25, -0.2) is 9.97 Å². The number of pyridine rings is 1. The Morgan fingerprint density at radius 1 is 1.12 bits per heavy atom. The van der Waals surface area contributed by atoms with Gasteiger partial charge in [0, 0.05) is 62.4 Å². The zero-order valence-electron chi connectivity index (χ0n) is 14.4. The lowest BCUT2D eigenvalue weighted by Crippen LogP contribution is -2.68. The van der Waals surface area contributed by atoms with Crippen molar-refractivity contribution in [3.63, 3.8) is 0 Å². The normalized spacial score (nSPS) is 23.2. The molecule has 6 heteroatoms. The van der Waals surface area contributed by atoms with Gasteiger partial charge in [-0.3, -0.25) is 9.69 Å². The average Bonchev–Trinajstić information content (AvgIpc) is 2.55. The molecule has 2 aromatic heterocycles. The standard InChI is InChI=1S/C18H23N5O/c1-12-6-13(2)20-18(19-12)22-10-15-8-16(11-22)23(15)9-14-4-5-21(3)17(24)7-14/h4-7,15-16H,8-11H2,1-3H3. The Kier molecular flexibility index (Phi) is 3.64. The highest BCUT2D eigenvalue weighted by molar-refractivity contribution is 5.36. The van der Waals surface area contributed by atoms with Crippen LogP contribution in [-0.2, 0) is 13.6 Å². The number of nitrogens with zero attached hydrogens (tertiary/aromatic N) is 5. The Hall–Kier alpha value is -2.21. The molecule has 0 amide bonds. The van der Waals surface area contributed by atoms with E-state index in [1.165, 1.54) is 6.42 Å². The number of hydrogen-bond donors (Lipinski definition) is 0. The summed E-state index contributed by atoms with van der Waals surface area (Å²) in [5.74, 6) is 0.857. The second kappa shape index (κ2) is 5.70. The quantitative estimate of drug-likeness (QED) is 0.850. The fraction of sp³-hybridized carbons (Fsp3) is 0.500. The molecule has 6 nitrogen and oxygen atoms in total. The molecule has 0 saturated carbocycles. The highest BCUT2D eigenvalue weighted by atomic mass is 16.1. The number of hydrogen-bond acceptors (Lipinski definition) is 5. The Balaban J connectivity index is 1.46. The van der Waals surface area contributed by atoms with Gasteiger partial charge in [-0.2, -0.15) is 0 Å². The van der Waals surface area contributed by atoms with E-state index in [1.54, 1.807) is 17.7 Å². The van der Waals surface area contributed by atoms with Crippen molar-refractivity contribution in [3.05, 3.63) is 51.7 Å². The maximum atomic E-state index is 11.8. The molecule has 126 valence electrons. The smallest absolute Gasteiger partial charge is 0.250 e. The van der Waals surface area contributed by atoms with E-state index in [0.717, 1.165) is 42.5 Å². The van der Waals surface area contributed by atoms with Crippen molar-refractivity contribution in [2.24, 2.45) is 7.05 Å². The fourth-order valence-corrected chi connectivity index (χ4v) is 3.86. The lowest BCUT2D eigenvalue weighted by molar-refractivity contribution is -0.00902. The molecule has 3 aliphatic rings. The van der Waals surface area contributed by atoms with Crippen LogP contribution in [0.1, 0.15) is 23.4 Å². The maximum Gasteiger partial charge on any atom is 0.250 e. The molecular weight excluding hydrogens is 302 g/mol. The van der Waals surface area contributed by atoms with E-state index in [0.29, 0.717) is 12.1 Å². The highest BCUT2D eigenvalue weighted by Gasteiger charge is 2.45. The van der Waals surface area contributed by atoms with Crippen LogP contribution in [0.2, 0.25) is 0 Å². The molecule has 0 radical (unpaired) electrons. The number of aryl methyl sites for hydroxylation is 3. The largest absolute Gasteiger partial charge is 0.338 e. The molecule has 0 spiro atoms. The van der Waals surface area contributed by atoms with E-state index >= 15 is 0 Å². The van der Waals surface area contributed by atoms with E-state index in [4.69, 9.17) is 0 Å². The second-order valence-electron chi connectivity index (χ2n) is 7.06. The minimum absolute atomic E-state index is 0.0587. The predicted molar refractivity (Wildman–Crippen MR) is 93.1 cm³/mol. The van der Waals surface area contributed by atoms with Crippen LogP contribution < -0.4 is 10.5 Å². The molecule has 0 N–H and O–H groups in total. The van der Waals surface area contributed by atoms with Gasteiger partial charge in [-0.1, -0.05) is 0 Å². The minimum atomic E-state index is 0.0587. The number of aromatic nitrogens is 3. The third-order valence-electron chi connectivity index (χ3n) is 5.13. The number of fused-ring (bicyclic) bond motifs is 2. The summed E-state index contributed by atoms with van der Waals surface area (Å²) in [7, 11) is 1.78. The molecule has 24 heavy (non-hydrogen) atoms. The minimum Gasteiger partial charge on any atom is -0.338 e. The van der Waals surface area contributed by atoms with Crippen LogP contribution in [0.3, 0.4) is 0 Å². The molecule has 3 fully saturated rings. The van der Waals surface area contributed by atoms with Crippen LogP contribution >= 0.6 is 0 Å². The first-order valence-electron chi connectivity index (χ1n) is 8.48. The molecule has 2 aromatic rings. The first-order valence-corrected chi connectivity index (χ1v) is 8.48. The van der Waals surface area contributed by atoms with Crippen molar-refractivity contribution < 1.29 is 0 Å². The molecule has 0 aromatic carbocycles. The molecule has 5 rings (SSSR count). The molecule has 3 saturated heterocycles. The molecule has 3 aliphatic heterocycles. The van der Waals surface area contributed by atoms with Crippen molar-refractivity contribution in [2.45, 2.75) is 38.9 Å². The average molecular weight is 325 g/mol. The molecule has 5 heterocycles. The summed E-state index contributed by atoms with van der Waals surface area (Å²) in [6.07, 6.45) is 3.08. The van der Waals surface area contributed by atoms with Crippen LogP contribution in [0.15, 0.2) is 29.2 Å². The molecule has 2 bridgehead atoms. The van der Waals surface area contributed by atoms with Gasteiger partial charge in [-0.15, -0.1) is 0 Å². The SMILES string of the molecule is Cc1cc(C)nc(N2CC3CC(C2)N3Cc2ccn(C)c(=O)c2)n1. The van der Waals surface area contributed by atoms with Crippen molar-refractivity contribution in [1.29, 1.82) is 0 Å². The van der Waals surface area contributed by atoms with Crippen molar-refractivity contribution in [2.75, 3.05) is 18.0 Å². The third kappa shape index (κ3) is 2.71. The number of piperazine rings is 1. The predicted octanol–water partition coefficient (Wildman–Crippen LogP) is 1.26. The fourth-order valence-electron chi connectivity index (χ4n) is 3.86. The summed E-state index contributed by atoms with van der Waals surface area (Å²) in [6, 6.07) is 6.85. The summed E-state index contributed by atoms with van der Waals surface area (Å²) in [4.78, 5) is 25.8. The van der Waals surface area contributed by atoms with Gasteiger partial charge >= 0.3 is 0 Å². The Bertz CT molecular complexity index is 798. The molecule has 0 aliphatic carbocycles. The number of anilines is 1. The van der Waals surface area contributed by atoms with Gasteiger partial charge in [0.05, 0.1) is 0 Å². The lowest BCUT2D eigenvalue weighted by Gasteiger charge is -2.56. The van der Waals surface area contributed by atoms with Crippen molar-refractivity contribution in [3.8, 4) is 0 Å². The Morgan fingerprint density at radius 3 is 2.42 bits per heavy atom. The summed E-state index contributed by atoms with van der Waals surface area (Å²) in [5.41, 5.74) is 3.20. The van der Waals surface area contributed by atoms with Gasteiger partial charge in [0.1, 0.15) is 0 Å². The zero-order valence-corrected chi connectivity index (χ0v) is 14.4. The van der Waals surface area contributed by atoms with E-state index in [9.17, 15) is 4.79 Å². The first-order chi connectivity index (χ1) is 11.5. The first kappa shape index (κ1) is 15.3. The summed E-state index contributed by atoms with van der Waals surface area (Å²) in [6.45, 7) is 6.82. The van der Waals surface area contributed by atoms with Gasteiger partial charge < -0.3 is 9.47 Å². The van der Waals surface area contributed by atoms with Crippen LogP contribution in [0.4, 0.5) is 5.95 Å². The van der Waals surface area contributed by atoms with E-state index in [-0.39, 0.29) is 5.56 Å². The summed E-state index contributed by atoms with van der Waals surface area (Å²) < 4.78 is 1.61. The Labute approximate surface area is 141 Å². The Morgan fingerprint density at radius 2 is 1.79 bits per heavy atom. The van der Waals surface area contributed by atoms with Crippen molar-refractivity contribution >= 4 is 5.95 Å². The second-order valence-corrected chi connectivity index (χ2v) is 7.06. The summed E-state index contributed by atoms with van der Waals surface area (Å²) in [5, 5.41) is 0. The summed E-state index contributed by atoms with van der Waals surface area (Å²) >= 11 is 0. The molecule has 2 unspecified atom stereocenters. The van der Waals surface area contributed by atoms with Crippen molar-refractivity contribution in [1.82, 2.24) is 19.4 Å². The lowest BCUT2D eigenvalue weighted by atomic mass is 9.87. The van der Waals surface area contributed by atoms with E-state index in [1.807, 2.05) is 32.2 Å². The van der Waals surface area contributed by atoms with Gasteiger partial charge in [-0.05, 0) is 38.0 Å². The number of rotatable bonds is 3. The number of piperidine rings is 1.